The first-order valence-electron chi connectivity index (χ1n) is 9.11. The predicted octanol–water partition coefficient (Wildman–Crippen LogP) is 4.90. The highest BCUT2D eigenvalue weighted by atomic mass is 14.9. The van der Waals surface area contributed by atoms with Crippen LogP contribution in [-0.2, 0) is 12.8 Å². The molecule has 0 aromatic heterocycles. The molecule has 116 valence electrons. The summed E-state index contributed by atoms with van der Waals surface area (Å²) in [6.45, 7) is 7.99. The van der Waals surface area contributed by atoms with E-state index in [2.05, 4.69) is 44.3 Å². The van der Waals surface area contributed by atoms with Gasteiger partial charge in [0.05, 0.1) is 0 Å². The van der Waals surface area contributed by atoms with Gasteiger partial charge in [0.2, 0.25) is 0 Å². The zero-order chi connectivity index (χ0) is 14.8. The molecule has 2 aliphatic carbocycles. The minimum Gasteiger partial charge on any atom is -0.310 e. The van der Waals surface area contributed by atoms with Crippen molar-refractivity contribution in [1.29, 1.82) is 0 Å². The van der Waals surface area contributed by atoms with Crippen molar-refractivity contribution < 1.29 is 0 Å². The van der Waals surface area contributed by atoms with Crippen molar-refractivity contribution in [3.8, 4) is 0 Å². The molecule has 3 rings (SSSR count). The highest BCUT2D eigenvalue weighted by Crippen LogP contribution is 2.57. The molecule has 3 unspecified atom stereocenters. The van der Waals surface area contributed by atoms with Crippen LogP contribution >= 0.6 is 0 Å². The fourth-order valence-corrected chi connectivity index (χ4v) is 4.34. The molecule has 1 aromatic carbocycles. The number of rotatable bonds is 7. The SMILES string of the molecule is CCCNC(c1cc(CC)ccc1CC)C1CC2CC2C1. The maximum atomic E-state index is 3.89. The van der Waals surface area contributed by atoms with Crippen LogP contribution in [-0.4, -0.2) is 6.54 Å². The first kappa shape index (κ1) is 15.1. The molecular weight excluding hydrogens is 254 g/mol. The number of hydrogen-bond donors (Lipinski definition) is 1. The summed E-state index contributed by atoms with van der Waals surface area (Å²) in [7, 11) is 0. The lowest BCUT2D eigenvalue weighted by molar-refractivity contribution is 0.340. The van der Waals surface area contributed by atoms with Gasteiger partial charge in [-0.2, -0.15) is 0 Å². The molecule has 2 fully saturated rings. The molecule has 1 heteroatoms. The lowest BCUT2D eigenvalue weighted by Crippen LogP contribution is -2.29. The first-order chi connectivity index (χ1) is 10.3. The molecule has 0 saturated heterocycles. The highest BCUT2D eigenvalue weighted by Gasteiger charge is 2.48. The van der Waals surface area contributed by atoms with Gasteiger partial charge in [-0.1, -0.05) is 39.0 Å². The Morgan fingerprint density at radius 1 is 1.05 bits per heavy atom. The first-order valence-corrected chi connectivity index (χ1v) is 9.11. The normalized spacial score (nSPS) is 28.4. The second-order valence-corrected chi connectivity index (χ2v) is 7.16. The Morgan fingerprint density at radius 3 is 2.43 bits per heavy atom. The molecule has 0 heterocycles. The van der Waals surface area contributed by atoms with Gasteiger partial charge in [-0.3, -0.25) is 0 Å². The third-order valence-corrected chi connectivity index (χ3v) is 5.70. The summed E-state index contributed by atoms with van der Waals surface area (Å²) in [5.74, 6) is 3.01. The Labute approximate surface area is 130 Å². The fourth-order valence-electron chi connectivity index (χ4n) is 4.34. The zero-order valence-electron chi connectivity index (χ0n) is 14.0. The molecule has 0 spiro atoms. The van der Waals surface area contributed by atoms with E-state index in [0.717, 1.165) is 37.1 Å². The van der Waals surface area contributed by atoms with Crippen molar-refractivity contribution in [3.63, 3.8) is 0 Å². The molecule has 21 heavy (non-hydrogen) atoms. The Kier molecular flexibility index (Phi) is 4.69. The van der Waals surface area contributed by atoms with Gasteiger partial charge >= 0.3 is 0 Å². The van der Waals surface area contributed by atoms with Crippen LogP contribution in [0.15, 0.2) is 18.2 Å². The topological polar surface area (TPSA) is 12.0 Å². The van der Waals surface area contributed by atoms with E-state index in [-0.39, 0.29) is 0 Å². The van der Waals surface area contributed by atoms with Crippen molar-refractivity contribution in [2.45, 2.75) is 65.3 Å². The Morgan fingerprint density at radius 2 is 1.81 bits per heavy atom. The minimum atomic E-state index is 0.596. The smallest absolute Gasteiger partial charge is 0.0351 e. The minimum absolute atomic E-state index is 0.596. The number of benzene rings is 1. The lowest BCUT2D eigenvalue weighted by Gasteiger charge is -2.29. The second kappa shape index (κ2) is 6.52. The van der Waals surface area contributed by atoms with Crippen LogP contribution < -0.4 is 5.32 Å². The third kappa shape index (κ3) is 3.18. The predicted molar refractivity (Wildman–Crippen MR) is 90.6 cm³/mol. The number of nitrogens with one attached hydrogen (secondary N) is 1. The van der Waals surface area contributed by atoms with Crippen molar-refractivity contribution in [1.82, 2.24) is 5.32 Å². The van der Waals surface area contributed by atoms with Gasteiger partial charge in [0.15, 0.2) is 0 Å². The third-order valence-electron chi connectivity index (χ3n) is 5.70. The second-order valence-electron chi connectivity index (χ2n) is 7.16. The summed E-state index contributed by atoms with van der Waals surface area (Å²) in [5, 5.41) is 3.89. The number of fused-ring (bicyclic) bond motifs is 1. The van der Waals surface area contributed by atoms with E-state index in [1.807, 2.05) is 0 Å². The molecule has 0 aliphatic heterocycles. The fraction of sp³-hybridized carbons (Fsp3) is 0.700. The molecule has 1 aromatic rings. The molecule has 3 atom stereocenters. The summed E-state index contributed by atoms with van der Waals surface area (Å²) in [6, 6.07) is 7.80. The maximum absolute atomic E-state index is 3.89. The zero-order valence-corrected chi connectivity index (χ0v) is 14.0. The summed E-state index contributed by atoms with van der Waals surface area (Å²) in [6.07, 6.45) is 7.98. The molecule has 2 aliphatic rings. The van der Waals surface area contributed by atoms with Gasteiger partial charge in [-0.25, -0.2) is 0 Å². The molecule has 0 radical (unpaired) electrons. The lowest BCUT2D eigenvalue weighted by atomic mass is 9.85. The van der Waals surface area contributed by atoms with E-state index in [0.29, 0.717) is 6.04 Å². The Hall–Kier alpha value is -0.820. The van der Waals surface area contributed by atoms with Crippen LogP contribution in [0.4, 0.5) is 0 Å². The van der Waals surface area contributed by atoms with Crippen LogP contribution in [0.1, 0.15) is 69.2 Å². The summed E-state index contributed by atoms with van der Waals surface area (Å²) in [4.78, 5) is 0. The Balaban J connectivity index is 1.86. The Bertz CT molecular complexity index is 469. The van der Waals surface area contributed by atoms with Crippen LogP contribution in [0.2, 0.25) is 0 Å². The van der Waals surface area contributed by atoms with Gasteiger partial charge < -0.3 is 5.32 Å². The molecule has 0 bridgehead atoms. The summed E-state index contributed by atoms with van der Waals surface area (Å²) < 4.78 is 0. The van der Waals surface area contributed by atoms with Crippen molar-refractivity contribution in [2.24, 2.45) is 17.8 Å². The van der Waals surface area contributed by atoms with Gasteiger partial charge in [-0.15, -0.1) is 0 Å². The van der Waals surface area contributed by atoms with Crippen LogP contribution in [0.5, 0.6) is 0 Å². The highest BCUT2D eigenvalue weighted by molar-refractivity contribution is 5.35. The van der Waals surface area contributed by atoms with Gasteiger partial charge in [-0.05, 0) is 79.5 Å². The van der Waals surface area contributed by atoms with Crippen LogP contribution in [0, 0.1) is 17.8 Å². The molecule has 1 nitrogen and oxygen atoms in total. The van der Waals surface area contributed by atoms with Gasteiger partial charge in [0, 0.05) is 6.04 Å². The van der Waals surface area contributed by atoms with Crippen molar-refractivity contribution in [3.05, 3.63) is 34.9 Å². The number of aryl methyl sites for hydroxylation is 2. The van der Waals surface area contributed by atoms with Crippen LogP contribution in [0.25, 0.3) is 0 Å². The summed E-state index contributed by atoms with van der Waals surface area (Å²) in [5.41, 5.74) is 4.66. The van der Waals surface area contributed by atoms with E-state index >= 15 is 0 Å². The molecular formula is C20H31N. The molecule has 0 amide bonds. The molecule has 1 N–H and O–H groups in total. The van der Waals surface area contributed by atoms with Gasteiger partial charge in [0.25, 0.3) is 0 Å². The molecule has 2 saturated carbocycles. The summed E-state index contributed by atoms with van der Waals surface area (Å²) >= 11 is 0. The van der Waals surface area contributed by atoms with E-state index in [4.69, 9.17) is 0 Å². The van der Waals surface area contributed by atoms with E-state index in [1.165, 1.54) is 31.2 Å². The van der Waals surface area contributed by atoms with Gasteiger partial charge in [0.1, 0.15) is 0 Å². The largest absolute Gasteiger partial charge is 0.310 e. The van der Waals surface area contributed by atoms with Crippen molar-refractivity contribution >= 4 is 0 Å². The van der Waals surface area contributed by atoms with E-state index in [9.17, 15) is 0 Å². The number of hydrogen-bond acceptors (Lipinski definition) is 1. The van der Waals surface area contributed by atoms with E-state index < -0.39 is 0 Å². The standard InChI is InChI=1S/C20H31N/c1-4-9-21-20(18-12-16-11-17(16)13-18)19-10-14(5-2)7-8-15(19)6-3/h7-8,10,16-18,20-21H,4-6,9,11-13H2,1-3H3. The average Bonchev–Trinajstić information content (AvgIpc) is 3.13. The monoisotopic (exact) mass is 285 g/mol. The van der Waals surface area contributed by atoms with E-state index in [1.54, 1.807) is 11.1 Å². The quantitative estimate of drug-likeness (QED) is 0.751. The van der Waals surface area contributed by atoms with Crippen LogP contribution in [0.3, 0.4) is 0 Å². The maximum Gasteiger partial charge on any atom is 0.0351 e. The van der Waals surface area contributed by atoms with Crippen molar-refractivity contribution in [2.75, 3.05) is 6.54 Å². The average molecular weight is 285 g/mol.